The van der Waals surface area contributed by atoms with Crippen LogP contribution in [0.5, 0.6) is 0 Å². The molecular formula is C14H19ClN2O2. The summed E-state index contributed by atoms with van der Waals surface area (Å²) in [5.41, 5.74) is 1.16. The van der Waals surface area contributed by atoms with Crippen LogP contribution in [0.2, 0.25) is 5.02 Å². The van der Waals surface area contributed by atoms with Gasteiger partial charge in [-0.25, -0.2) is 4.79 Å². The quantitative estimate of drug-likeness (QED) is 0.893. The van der Waals surface area contributed by atoms with E-state index in [4.69, 9.17) is 16.7 Å². The molecule has 5 heteroatoms. The van der Waals surface area contributed by atoms with Crippen molar-refractivity contribution in [2.24, 2.45) is 5.92 Å². The van der Waals surface area contributed by atoms with Crippen LogP contribution >= 0.6 is 11.6 Å². The van der Waals surface area contributed by atoms with Gasteiger partial charge in [0, 0.05) is 18.1 Å². The van der Waals surface area contributed by atoms with Gasteiger partial charge in [0.05, 0.1) is 0 Å². The maximum atomic E-state index is 10.4. The van der Waals surface area contributed by atoms with E-state index in [0.717, 1.165) is 43.1 Å². The predicted molar refractivity (Wildman–Crippen MR) is 75.5 cm³/mol. The van der Waals surface area contributed by atoms with Gasteiger partial charge in [-0.15, -0.1) is 0 Å². The zero-order chi connectivity index (χ0) is 13.7. The molecule has 1 aliphatic rings. The fourth-order valence-electron chi connectivity index (χ4n) is 2.45. The highest BCUT2D eigenvalue weighted by atomic mass is 35.5. The standard InChI is InChI=1S/C14H19ClN2O2/c15-13-4-2-1-3-12(13)10-17-7-5-11(6-8-17)9-16-14(18)19/h1-4,11,16H,5-10H2,(H,18,19). The molecule has 0 saturated carbocycles. The van der Waals surface area contributed by atoms with E-state index in [1.54, 1.807) is 0 Å². The zero-order valence-electron chi connectivity index (χ0n) is 10.8. The highest BCUT2D eigenvalue weighted by molar-refractivity contribution is 6.31. The molecule has 0 unspecified atom stereocenters. The molecule has 1 amide bonds. The lowest BCUT2D eigenvalue weighted by Gasteiger charge is -2.32. The molecule has 1 aromatic rings. The van der Waals surface area contributed by atoms with Crippen molar-refractivity contribution in [3.05, 3.63) is 34.9 Å². The van der Waals surface area contributed by atoms with Gasteiger partial charge in [0.2, 0.25) is 0 Å². The number of hydrogen-bond donors (Lipinski definition) is 2. The third kappa shape index (κ3) is 4.40. The molecule has 0 bridgehead atoms. The summed E-state index contributed by atoms with van der Waals surface area (Å²) in [6, 6.07) is 7.92. The Labute approximate surface area is 118 Å². The number of nitrogens with one attached hydrogen (secondary N) is 1. The molecule has 4 nitrogen and oxygen atoms in total. The molecule has 1 fully saturated rings. The molecule has 1 aliphatic heterocycles. The van der Waals surface area contributed by atoms with Gasteiger partial charge in [-0.05, 0) is 43.5 Å². The highest BCUT2D eigenvalue weighted by Crippen LogP contribution is 2.21. The number of benzene rings is 1. The number of carboxylic acid groups (broad SMARTS) is 1. The Kier molecular flexibility index (Phi) is 5.05. The molecule has 1 saturated heterocycles. The van der Waals surface area contributed by atoms with Crippen LogP contribution < -0.4 is 5.32 Å². The van der Waals surface area contributed by atoms with Crippen LogP contribution in [0.1, 0.15) is 18.4 Å². The summed E-state index contributed by atoms with van der Waals surface area (Å²) >= 11 is 6.15. The highest BCUT2D eigenvalue weighted by Gasteiger charge is 2.20. The van der Waals surface area contributed by atoms with Crippen LogP contribution in [0.3, 0.4) is 0 Å². The van der Waals surface area contributed by atoms with Crippen LogP contribution in [0.25, 0.3) is 0 Å². The van der Waals surface area contributed by atoms with E-state index in [1.807, 2.05) is 18.2 Å². The van der Waals surface area contributed by atoms with Gasteiger partial charge in [-0.1, -0.05) is 29.8 Å². The van der Waals surface area contributed by atoms with Gasteiger partial charge in [-0.2, -0.15) is 0 Å². The SMILES string of the molecule is O=C(O)NCC1CCN(Cc2ccccc2Cl)CC1. The van der Waals surface area contributed by atoms with E-state index in [-0.39, 0.29) is 0 Å². The summed E-state index contributed by atoms with van der Waals surface area (Å²) in [4.78, 5) is 12.8. The Bertz CT molecular complexity index is 431. The molecule has 2 rings (SSSR count). The minimum Gasteiger partial charge on any atom is -0.465 e. The lowest BCUT2D eigenvalue weighted by Crippen LogP contribution is -2.38. The third-order valence-electron chi connectivity index (χ3n) is 3.60. The van der Waals surface area contributed by atoms with Gasteiger partial charge < -0.3 is 10.4 Å². The molecule has 0 spiro atoms. The van der Waals surface area contributed by atoms with Crippen molar-refractivity contribution in [1.29, 1.82) is 0 Å². The van der Waals surface area contributed by atoms with Gasteiger partial charge in [0.1, 0.15) is 0 Å². The van der Waals surface area contributed by atoms with Crippen LogP contribution in [-0.4, -0.2) is 35.7 Å². The number of halogens is 1. The van der Waals surface area contributed by atoms with Gasteiger partial charge in [0.15, 0.2) is 0 Å². The summed E-state index contributed by atoms with van der Waals surface area (Å²) < 4.78 is 0. The second kappa shape index (κ2) is 6.78. The Morgan fingerprint density at radius 3 is 2.68 bits per heavy atom. The van der Waals surface area contributed by atoms with Crippen LogP contribution in [0.4, 0.5) is 4.79 Å². The van der Waals surface area contributed by atoms with Crippen molar-refractivity contribution in [3.63, 3.8) is 0 Å². The smallest absolute Gasteiger partial charge is 0.404 e. The Balaban J connectivity index is 1.77. The summed E-state index contributed by atoms with van der Waals surface area (Å²) in [5, 5.41) is 11.9. The lowest BCUT2D eigenvalue weighted by molar-refractivity contribution is 0.166. The molecule has 1 aromatic carbocycles. The fourth-order valence-corrected chi connectivity index (χ4v) is 2.64. The van der Waals surface area contributed by atoms with Crippen molar-refractivity contribution >= 4 is 17.7 Å². The van der Waals surface area contributed by atoms with Crippen LogP contribution in [0.15, 0.2) is 24.3 Å². The Hall–Kier alpha value is -1.26. The van der Waals surface area contributed by atoms with E-state index >= 15 is 0 Å². The van der Waals surface area contributed by atoms with E-state index < -0.39 is 6.09 Å². The minimum absolute atomic E-state index is 0.457. The largest absolute Gasteiger partial charge is 0.465 e. The van der Waals surface area contributed by atoms with Crippen LogP contribution in [-0.2, 0) is 6.54 Å². The van der Waals surface area contributed by atoms with Gasteiger partial charge in [-0.3, -0.25) is 4.90 Å². The molecule has 0 aromatic heterocycles. The van der Waals surface area contributed by atoms with E-state index in [9.17, 15) is 4.79 Å². The van der Waals surface area contributed by atoms with E-state index in [1.165, 1.54) is 0 Å². The third-order valence-corrected chi connectivity index (χ3v) is 3.97. The predicted octanol–water partition coefficient (Wildman–Crippen LogP) is 2.82. The van der Waals surface area contributed by atoms with Crippen LogP contribution in [0, 0.1) is 5.92 Å². The molecule has 0 radical (unpaired) electrons. The first-order valence-corrected chi connectivity index (χ1v) is 6.95. The number of amides is 1. The average molecular weight is 283 g/mol. The summed E-state index contributed by atoms with van der Waals surface area (Å²) in [6.07, 6.45) is 1.13. The second-order valence-electron chi connectivity index (χ2n) is 5.00. The number of likely N-dealkylation sites (tertiary alicyclic amines) is 1. The normalized spacial score (nSPS) is 17.3. The first kappa shape index (κ1) is 14.2. The summed E-state index contributed by atoms with van der Waals surface area (Å²) in [5.74, 6) is 0.457. The molecule has 0 atom stereocenters. The monoisotopic (exact) mass is 282 g/mol. The Morgan fingerprint density at radius 1 is 1.37 bits per heavy atom. The molecule has 104 valence electrons. The van der Waals surface area contributed by atoms with E-state index in [2.05, 4.69) is 16.3 Å². The van der Waals surface area contributed by atoms with Crippen molar-refractivity contribution < 1.29 is 9.90 Å². The average Bonchev–Trinajstić information content (AvgIpc) is 2.40. The maximum absolute atomic E-state index is 10.4. The topological polar surface area (TPSA) is 52.6 Å². The zero-order valence-corrected chi connectivity index (χ0v) is 11.6. The maximum Gasteiger partial charge on any atom is 0.404 e. The first-order chi connectivity index (χ1) is 9.15. The molecular weight excluding hydrogens is 264 g/mol. The molecule has 1 heterocycles. The first-order valence-electron chi connectivity index (χ1n) is 6.57. The number of piperidine rings is 1. The minimum atomic E-state index is -0.932. The lowest BCUT2D eigenvalue weighted by atomic mass is 9.96. The molecule has 2 N–H and O–H groups in total. The summed E-state index contributed by atoms with van der Waals surface area (Å²) in [7, 11) is 0. The van der Waals surface area contributed by atoms with Crippen molar-refractivity contribution in [2.45, 2.75) is 19.4 Å². The number of hydrogen-bond acceptors (Lipinski definition) is 2. The molecule has 19 heavy (non-hydrogen) atoms. The van der Waals surface area contributed by atoms with Crippen molar-refractivity contribution in [2.75, 3.05) is 19.6 Å². The summed E-state index contributed by atoms with van der Waals surface area (Å²) in [6.45, 7) is 3.43. The Morgan fingerprint density at radius 2 is 2.05 bits per heavy atom. The van der Waals surface area contributed by atoms with E-state index in [0.29, 0.717) is 12.5 Å². The molecule has 0 aliphatic carbocycles. The van der Waals surface area contributed by atoms with Gasteiger partial charge in [0.25, 0.3) is 0 Å². The number of rotatable bonds is 4. The van der Waals surface area contributed by atoms with Crippen molar-refractivity contribution in [1.82, 2.24) is 10.2 Å². The number of carbonyl (C=O) groups is 1. The number of nitrogens with zero attached hydrogens (tertiary/aromatic N) is 1. The fraction of sp³-hybridized carbons (Fsp3) is 0.500. The van der Waals surface area contributed by atoms with Crippen molar-refractivity contribution in [3.8, 4) is 0 Å². The van der Waals surface area contributed by atoms with Gasteiger partial charge >= 0.3 is 6.09 Å². The second-order valence-corrected chi connectivity index (χ2v) is 5.40.